The highest BCUT2D eigenvalue weighted by atomic mass is 35.5. The molecule has 1 aliphatic heterocycles. The number of piperidine rings is 1. The normalized spacial score (nSPS) is 14.8. The van der Waals surface area contributed by atoms with E-state index in [4.69, 9.17) is 4.52 Å². The van der Waals surface area contributed by atoms with E-state index in [1.54, 1.807) is 4.57 Å². The minimum atomic E-state index is -0.129. The Bertz CT molecular complexity index is 943. The quantitative estimate of drug-likeness (QED) is 0.675. The van der Waals surface area contributed by atoms with Crippen molar-refractivity contribution in [3.05, 3.63) is 63.9 Å². The first kappa shape index (κ1) is 20.3. The van der Waals surface area contributed by atoms with Crippen LogP contribution in [0.15, 0.2) is 39.6 Å². The van der Waals surface area contributed by atoms with Gasteiger partial charge in [0.05, 0.1) is 6.54 Å². The molecule has 8 nitrogen and oxygen atoms in total. The summed E-state index contributed by atoms with van der Waals surface area (Å²) >= 11 is 0. The zero-order valence-corrected chi connectivity index (χ0v) is 16.7. The third-order valence-corrected chi connectivity index (χ3v) is 4.94. The van der Waals surface area contributed by atoms with Crippen LogP contribution < -0.4 is 11.0 Å². The second-order valence-electron chi connectivity index (χ2n) is 6.85. The van der Waals surface area contributed by atoms with Crippen LogP contribution in [0.5, 0.6) is 0 Å². The molecule has 0 bridgehead atoms. The lowest BCUT2D eigenvalue weighted by Crippen LogP contribution is -2.30. The van der Waals surface area contributed by atoms with E-state index in [0.29, 0.717) is 24.7 Å². The number of rotatable bonds is 6. The van der Waals surface area contributed by atoms with Gasteiger partial charge < -0.3 is 9.84 Å². The molecule has 1 aliphatic rings. The lowest BCUT2D eigenvalue weighted by atomic mass is 9.97. The Balaban J connectivity index is 0.00000225. The van der Waals surface area contributed by atoms with Crippen molar-refractivity contribution in [2.45, 2.75) is 45.2 Å². The Kier molecular flexibility index (Phi) is 6.64. The summed E-state index contributed by atoms with van der Waals surface area (Å²) in [5.41, 5.74) is 0.956. The molecule has 3 aromatic rings. The zero-order valence-electron chi connectivity index (χ0n) is 15.9. The van der Waals surface area contributed by atoms with Gasteiger partial charge in [-0.3, -0.25) is 4.57 Å². The van der Waals surface area contributed by atoms with Gasteiger partial charge in [0.2, 0.25) is 5.89 Å². The fraction of sp³-hybridized carbons (Fsp3) is 0.474. The first-order chi connectivity index (χ1) is 13.2. The molecule has 3 heterocycles. The minimum Gasteiger partial charge on any atom is -0.339 e. The fourth-order valence-electron chi connectivity index (χ4n) is 3.49. The number of nitrogens with zero attached hydrogens (tertiary/aromatic N) is 5. The second kappa shape index (κ2) is 9.16. The summed E-state index contributed by atoms with van der Waals surface area (Å²) < 4.78 is 8.42. The van der Waals surface area contributed by atoms with Gasteiger partial charge in [0.25, 0.3) is 0 Å². The molecule has 0 saturated carbocycles. The van der Waals surface area contributed by atoms with Crippen molar-refractivity contribution >= 4 is 12.4 Å². The van der Waals surface area contributed by atoms with Crippen molar-refractivity contribution in [1.29, 1.82) is 0 Å². The maximum atomic E-state index is 13.1. The highest BCUT2D eigenvalue weighted by Gasteiger charge is 2.24. The lowest BCUT2D eigenvalue weighted by Gasteiger charge is -2.22. The van der Waals surface area contributed by atoms with E-state index in [1.807, 2.05) is 37.3 Å². The number of nitrogens with one attached hydrogen (secondary N) is 1. The summed E-state index contributed by atoms with van der Waals surface area (Å²) in [7, 11) is 0. The molecule has 0 radical (unpaired) electrons. The van der Waals surface area contributed by atoms with Crippen LogP contribution in [0, 0.1) is 0 Å². The van der Waals surface area contributed by atoms with E-state index in [-0.39, 0.29) is 30.6 Å². The summed E-state index contributed by atoms with van der Waals surface area (Å²) in [6.07, 6.45) is 2.63. The zero-order chi connectivity index (χ0) is 18.6. The lowest BCUT2D eigenvalue weighted by molar-refractivity contribution is 0.374. The van der Waals surface area contributed by atoms with Gasteiger partial charge >= 0.3 is 5.69 Å². The minimum absolute atomic E-state index is 0. The van der Waals surface area contributed by atoms with E-state index >= 15 is 0 Å². The first-order valence-corrected chi connectivity index (χ1v) is 9.48. The van der Waals surface area contributed by atoms with Crippen molar-refractivity contribution in [3.63, 3.8) is 0 Å². The molecule has 1 aromatic carbocycles. The second-order valence-corrected chi connectivity index (χ2v) is 6.85. The molecule has 0 spiro atoms. The fourth-order valence-corrected chi connectivity index (χ4v) is 3.49. The molecule has 1 saturated heterocycles. The summed E-state index contributed by atoms with van der Waals surface area (Å²) in [5.74, 6) is 2.18. The monoisotopic (exact) mass is 404 g/mol. The Morgan fingerprint density at radius 3 is 2.61 bits per heavy atom. The molecule has 150 valence electrons. The van der Waals surface area contributed by atoms with Gasteiger partial charge in [0.15, 0.2) is 5.82 Å². The molecule has 1 N–H and O–H groups in total. The number of hydrogen-bond acceptors (Lipinski definition) is 6. The SMILES string of the molecule is CCc1nc(Cn2nc(C3CCNCC3)n(Cc3ccccc3)c2=O)no1.Cl. The van der Waals surface area contributed by atoms with Gasteiger partial charge in [0, 0.05) is 12.3 Å². The topological polar surface area (TPSA) is 90.8 Å². The van der Waals surface area contributed by atoms with Crippen LogP contribution in [0.3, 0.4) is 0 Å². The highest BCUT2D eigenvalue weighted by Crippen LogP contribution is 2.23. The van der Waals surface area contributed by atoms with Crippen LogP contribution >= 0.6 is 12.4 Å². The van der Waals surface area contributed by atoms with Crippen LogP contribution in [0.4, 0.5) is 0 Å². The third kappa shape index (κ3) is 4.34. The Hall–Kier alpha value is -2.45. The maximum Gasteiger partial charge on any atom is 0.346 e. The van der Waals surface area contributed by atoms with Crippen molar-refractivity contribution in [1.82, 2.24) is 29.8 Å². The van der Waals surface area contributed by atoms with Gasteiger partial charge in [-0.15, -0.1) is 12.4 Å². The highest BCUT2D eigenvalue weighted by molar-refractivity contribution is 5.85. The maximum absolute atomic E-state index is 13.1. The third-order valence-electron chi connectivity index (χ3n) is 4.94. The molecule has 2 aromatic heterocycles. The summed E-state index contributed by atoms with van der Waals surface area (Å²) in [6, 6.07) is 10.0. The molecular weight excluding hydrogens is 380 g/mol. The molecule has 1 fully saturated rings. The standard InChI is InChI=1S/C19H24N6O2.ClH/c1-2-17-21-16(23-27-17)13-25-19(26)24(12-14-6-4-3-5-7-14)18(22-25)15-8-10-20-11-9-15;/h3-7,15,20H,2,8-13H2,1H3;1H. The Labute approximate surface area is 169 Å². The molecule has 0 amide bonds. The molecule has 9 heteroatoms. The van der Waals surface area contributed by atoms with E-state index in [2.05, 4.69) is 20.6 Å². The summed E-state index contributed by atoms with van der Waals surface area (Å²) in [4.78, 5) is 17.4. The van der Waals surface area contributed by atoms with E-state index in [0.717, 1.165) is 37.3 Å². The molecule has 0 unspecified atom stereocenters. The number of aryl methyl sites for hydroxylation is 1. The molecular formula is C19H25ClN6O2. The van der Waals surface area contributed by atoms with Crippen molar-refractivity contribution in [2.75, 3.05) is 13.1 Å². The van der Waals surface area contributed by atoms with Gasteiger partial charge in [-0.25, -0.2) is 9.48 Å². The molecule has 0 atom stereocenters. The number of hydrogen-bond donors (Lipinski definition) is 1. The summed E-state index contributed by atoms with van der Waals surface area (Å²) in [5, 5.41) is 12.0. The number of halogens is 1. The van der Waals surface area contributed by atoms with E-state index < -0.39 is 0 Å². The molecule has 4 rings (SSSR count). The Morgan fingerprint density at radius 2 is 1.93 bits per heavy atom. The van der Waals surface area contributed by atoms with E-state index in [1.165, 1.54) is 4.68 Å². The Morgan fingerprint density at radius 1 is 1.18 bits per heavy atom. The van der Waals surface area contributed by atoms with Crippen LogP contribution in [0.25, 0.3) is 0 Å². The van der Waals surface area contributed by atoms with Gasteiger partial charge in [0.1, 0.15) is 12.4 Å². The van der Waals surface area contributed by atoms with Crippen LogP contribution in [0.1, 0.15) is 48.8 Å². The molecule has 28 heavy (non-hydrogen) atoms. The average Bonchev–Trinajstić information content (AvgIpc) is 3.29. The number of benzene rings is 1. The largest absolute Gasteiger partial charge is 0.346 e. The van der Waals surface area contributed by atoms with Gasteiger partial charge in [-0.1, -0.05) is 42.4 Å². The van der Waals surface area contributed by atoms with Gasteiger partial charge in [-0.2, -0.15) is 10.1 Å². The smallest absolute Gasteiger partial charge is 0.339 e. The van der Waals surface area contributed by atoms with Crippen LogP contribution in [-0.4, -0.2) is 37.6 Å². The summed E-state index contributed by atoms with van der Waals surface area (Å²) in [6.45, 7) is 4.59. The number of aromatic nitrogens is 5. The van der Waals surface area contributed by atoms with Gasteiger partial charge in [-0.05, 0) is 31.5 Å². The van der Waals surface area contributed by atoms with Crippen LogP contribution in [0.2, 0.25) is 0 Å². The van der Waals surface area contributed by atoms with Crippen molar-refractivity contribution in [2.24, 2.45) is 0 Å². The predicted molar refractivity (Wildman–Crippen MR) is 107 cm³/mol. The first-order valence-electron chi connectivity index (χ1n) is 9.48. The van der Waals surface area contributed by atoms with Crippen molar-refractivity contribution < 1.29 is 4.52 Å². The van der Waals surface area contributed by atoms with Crippen molar-refractivity contribution in [3.8, 4) is 0 Å². The van der Waals surface area contributed by atoms with E-state index in [9.17, 15) is 4.79 Å². The average molecular weight is 405 g/mol. The van der Waals surface area contributed by atoms with Crippen LogP contribution in [-0.2, 0) is 19.5 Å². The molecule has 0 aliphatic carbocycles. The predicted octanol–water partition coefficient (Wildman–Crippen LogP) is 1.98.